The van der Waals surface area contributed by atoms with Crippen LogP contribution < -0.4 is 10.6 Å². The number of para-hydroxylation sites is 1. The third-order valence-electron chi connectivity index (χ3n) is 5.21. The molecule has 0 bridgehead atoms. The number of likely N-dealkylation sites (N-methyl/N-ethyl adjacent to an activating group) is 1. The Kier molecular flexibility index (Phi) is 8.42. The molecule has 168 valence electrons. The molecule has 2 unspecified atom stereocenters. The molecule has 1 aromatic heterocycles. The Morgan fingerprint density at radius 3 is 2.42 bits per heavy atom. The SMILES string of the molecule is CC(=O)NC(C(=O)N(C)C(CC(C)C)C(=O)N/C=C\c1c[nH]c2ccccc12)C(C)C. The summed E-state index contributed by atoms with van der Waals surface area (Å²) in [6.07, 6.45) is 5.84. The lowest BCUT2D eigenvalue weighted by atomic mass is 9.98. The highest BCUT2D eigenvalue weighted by atomic mass is 16.2. The average Bonchev–Trinajstić information content (AvgIpc) is 3.12. The Hall–Kier alpha value is -3.09. The first kappa shape index (κ1) is 24.2. The van der Waals surface area contributed by atoms with Crippen LogP contribution in [0.1, 0.15) is 46.6 Å². The van der Waals surface area contributed by atoms with E-state index in [2.05, 4.69) is 15.6 Å². The summed E-state index contributed by atoms with van der Waals surface area (Å²) < 4.78 is 0. The van der Waals surface area contributed by atoms with Crippen molar-refractivity contribution in [1.82, 2.24) is 20.5 Å². The molecule has 7 nitrogen and oxygen atoms in total. The predicted octanol–water partition coefficient (Wildman–Crippen LogP) is 3.29. The van der Waals surface area contributed by atoms with E-state index in [-0.39, 0.29) is 29.6 Å². The number of carbonyl (C=O) groups excluding carboxylic acids is 3. The standard InChI is InChI=1S/C24H34N4O3/c1-15(2)13-21(28(6)24(31)22(16(3)4)27-17(5)29)23(30)25-12-11-18-14-26-20-10-8-7-9-19(18)20/h7-12,14-16,21-22,26H,13H2,1-6H3,(H,25,30)(H,27,29)/b12-11-. The smallest absolute Gasteiger partial charge is 0.246 e. The molecule has 2 rings (SSSR count). The normalized spacial score (nSPS) is 13.5. The lowest BCUT2D eigenvalue weighted by Gasteiger charge is -2.32. The maximum Gasteiger partial charge on any atom is 0.246 e. The van der Waals surface area contributed by atoms with Crippen molar-refractivity contribution < 1.29 is 14.4 Å². The quantitative estimate of drug-likeness (QED) is 0.574. The molecule has 31 heavy (non-hydrogen) atoms. The maximum absolute atomic E-state index is 13.1. The number of carbonyl (C=O) groups is 3. The minimum Gasteiger partial charge on any atom is -0.361 e. The Bertz CT molecular complexity index is 945. The molecular formula is C24H34N4O3. The Morgan fingerprint density at radius 2 is 1.81 bits per heavy atom. The highest BCUT2D eigenvalue weighted by Crippen LogP contribution is 2.19. The van der Waals surface area contributed by atoms with Gasteiger partial charge in [-0.2, -0.15) is 0 Å². The van der Waals surface area contributed by atoms with Gasteiger partial charge in [0.05, 0.1) is 0 Å². The second-order valence-electron chi connectivity index (χ2n) is 8.65. The molecule has 3 amide bonds. The number of aromatic amines is 1. The molecule has 0 radical (unpaired) electrons. The molecule has 1 heterocycles. The first-order chi connectivity index (χ1) is 14.6. The number of nitrogens with one attached hydrogen (secondary N) is 3. The van der Waals surface area contributed by atoms with Crippen molar-refractivity contribution in [2.24, 2.45) is 11.8 Å². The fraction of sp³-hybridized carbons (Fsp3) is 0.458. The third kappa shape index (κ3) is 6.44. The molecule has 0 fully saturated rings. The van der Waals surface area contributed by atoms with Gasteiger partial charge in [-0.05, 0) is 30.4 Å². The summed E-state index contributed by atoms with van der Waals surface area (Å²) in [6, 6.07) is 6.61. The van der Waals surface area contributed by atoms with Crippen molar-refractivity contribution in [3.63, 3.8) is 0 Å². The van der Waals surface area contributed by atoms with E-state index in [1.165, 1.54) is 11.8 Å². The first-order valence-corrected chi connectivity index (χ1v) is 10.7. The molecule has 0 aliphatic heterocycles. The van der Waals surface area contributed by atoms with Gasteiger partial charge in [0.2, 0.25) is 17.7 Å². The Morgan fingerprint density at radius 1 is 1.13 bits per heavy atom. The topological polar surface area (TPSA) is 94.3 Å². The van der Waals surface area contributed by atoms with Crippen LogP contribution in [0.4, 0.5) is 0 Å². The van der Waals surface area contributed by atoms with Gasteiger partial charge in [-0.3, -0.25) is 14.4 Å². The molecule has 3 N–H and O–H groups in total. The van der Waals surface area contributed by atoms with Crippen LogP contribution in [0.15, 0.2) is 36.7 Å². The largest absolute Gasteiger partial charge is 0.361 e. The van der Waals surface area contributed by atoms with E-state index in [0.29, 0.717) is 6.42 Å². The zero-order valence-electron chi connectivity index (χ0n) is 19.2. The number of amides is 3. The maximum atomic E-state index is 13.1. The summed E-state index contributed by atoms with van der Waals surface area (Å²) in [5, 5.41) is 6.59. The molecule has 1 aromatic carbocycles. The van der Waals surface area contributed by atoms with Gasteiger partial charge in [0, 0.05) is 42.8 Å². The van der Waals surface area contributed by atoms with Gasteiger partial charge in [0.15, 0.2) is 0 Å². The van der Waals surface area contributed by atoms with Crippen molar-refractivity contribution in [3.05, 3.63) is 42.2 Å². The number of H-pyrrole nitrogens is 1. The fourth-order valence-electron chi connectivity index (χ4n) is 3.53. The Labute approximate surface area is 184 Å². The lowest BCUT2D eigenvalue weighted by molar-refractivity contribution is -0.142. The van der Waals surface area contributed by atoms with Crippen molar-refractivity contribution in [1.29, 1.82) is 0 Å². The van der Waals surface area contributed by atoms with Gasteiger partial charge in [0.1, 0.15) is 12.1 Å². The summed E-state index contributed by atoms with van der Waals surface area (Å²) in [7, 11) is 1.62. The van der Waals surface area contributed by atoms with E-state index < -0.39 is 12.1 Å². The van der Waals surface area contributed by atoms with Gasteiger partial charge >= 0.3 is 0 Å². The summed E-state index contributed by atoms with van der Waals surface area (Å²) in [5.41, 5.74) is 1.99. The molecule has 0 aliphatic rings. The van der Waals surface area contributed by atoms with Crippen molar-refractivity contribution >= 4 is 34.7 Å². The molecule has 0 saturated heterocycles. The van der Waals surface area contributed by atoms with Crippen LogP contribution in [-0.2, 0) is 14.4 Å². The fourth-order valence-corrected chi connectivity index (χ4v) is 3.53. The monoisotopic (exact) mass is 426 g/mol. The van der Waals surface area contributed by atoms with Crippen molar-refractivity contribution in [2.75, 3.05) is 7.05 Å². The van der Waals surface area contributed by atoms with E-state index in [4.69, 9.17) is 0 Å². The molecule has 0 spiro atoms. The van der Waals surface area contributed by atoms with Crippen LogP contribution in [0.3, 0.4) is 0 Å². The molecule has 0 aliphatic carbocycles. The number of aromatic nitrogens is 1. The van der Waals surface area contributed by atoms with Crippen LogP contribution in [0, 0.1) is 11.8 Å². The second-order valence-corrected chi connectivity index (χ2v) is 8.65. The van der Waals surface area contributed by atoms with E-state index >= 15 is 0 Å². The highest BCUT2D eigenvalue weighted by Gasteiger charge is 2.33. The number of nitrogens with zero attached hydrogens (tertiary/aromatic N) is 1. The number of hydrogen-bond donors (Lipinski definition) is 3. The van der Waals surface area contributed by atoms with Crippen LogP contribution in [-0.4, -0.2) is 46.7 Å². The van der Waals surface area contributed by atoms with E-state index in [1.54, 1.807) is 13.2 Å². The highest BCUT2D eigenvalue weighted by molar-refractivity contribution is 5.93. The molecule has 2 atom stereocenters. The average molecular weight is 427 g/mol. The molecular weight excluding hydrogens is 392 g/mol. The third-order valence-corrected chi connectivity index (χ3v) is 5.21. The number of benzene rings is 1. The van der Waals surface area contributed by atoms with Crippen LogP contribution in [0.2, 0.25) is 0 Å². The van der Waals surface area contributed by atoms with Crippen molar-refractivity contribution in [2.45, 2.75) is 53.1 Å². The van der Waals surface area contributed by atoms with Crippen LogP contribution in [0.25, 0.3) is 17.0 Å². The Balaban J connectivity index is 2.15. The lowest BCUT2D eigenvalue weighted by Crippen LogP contribution is -2.55. The van der Waals surface area contributed by atoms with Gasteiger partial charge in [0.25, 0.3) is 0 Å². The summed E-state index contributed by atoms with van der Waals surface area (Å²) >= 11 is 0. The van der Waals surface area contributed by atoms with Crippen LogP contribution >= 0.6 is 0 Å². The van der Waals surface area contributed by atoms with Gasteiger partial charge in [-0.15, -0.1) is 0 Å². The van der Waals surface area contributed by atoms with Crippen LogP contribution in [0.5, 0.6) is 0 Å². The number of hydrogen-bond acceptors (Lipinski definition) is 3. The minimum absolute atomic E-state index is 0.0941. The summed E-state index contributed by atoms with van der Waals surface area (Å²) in [5.74, 6) is -0.685. The molecule has 2 aromatic rings. The zero-order valence-corrected chi connectivity index (χ0v) is 19.2. The predicted molar refractivity (Wildman–Crippen MR) is 124 cm³/mol. The molecule has 7 heteroatoms. The van der Waals surface area contributed by atoms with E-state index in [0.717, 1.165) is 16.5 Å². The minimum atomic E-state index is -0.674. The van der Waals surface area contributed by atoms with E-state index in [9.17, 15) is 14.4 Å². The van der Waals surface area contributed by atoms with Gasteiger partial charge < -0.3 is 20.5 Å². The number of fused-ring (bicyclic) bond motifs is 1. The zero-order chi connectivity index (χ0) is 23.1. The molecule has 0 saturated carbocycles. The van der Waals surface area contributed by atoms with E-state index in [1.807, 2.05) is 64.2 Å². The van der Waals surface area contributed by atoms with Gasteiger partial charge in [-0.25, -0.2) is 0 Å². The van der Waals surface area contributed by atoms with Crippen molar-refractivity contribution in [3.8, 4) is 0 Å². The summed E-state index contributed by atoms with van der Waals surface area (Å²) in [6.45, 7) is 9.14. The first-order valence-electron chi connectivity index (χ1n) is 10.7. The van der Waals surface area contributed by atoms with Gasteiger partial charge in [-0.1, -0.05) is 45.9 Å². The second kappa shape index (κ2) is 10.8. The number of rotatable bonds is 9. The summed E-state index contributed by atoms with van der Waals surface area (Å²) in [4.78, 5) is 42.2.